The fraction of sp³-hybridized carbons (Fsp3) is 0.278. The van der Waals surface area contributed by atoms with Gasteiger partial charge in [-0.2, -0.15) is 0 Å². The van der Waals surface area contributed by atoms with Gasteiger partial charge >= 0.3 is 0 Å². The average molecular weight is 282 g/mol. The number of anilines is 1. The van der Waals surface area contributed by atoms with Crippen molar-refractivity contribution in [3.63, 3.8) is 0 Å². The summed E-state index contributed by atoms with van der Waals surface area (Å²) in [4.78, 5) is 11.2. The topological polar surface area (TPSA) is 55.1 Å². The highest BCUT2D eigenvalue weighted by atomic mass is 16.1. The van der Waals surface area contributed by atoms with Crippen LogP contribution in [0.15, 0.2) is 54.6 Å². The van der Waals surface area contributed by atoms with Crippen LogP contribution in [0.25, 0.3) is 0 Å². The number of rotatable bonds is 7. The Balaban J connectivity index is 2.23. The first-order chi connectivity index (χ1) is 10.2. The Labute approximate surface area is 126 Å². The van der Waals surface area contributed by atoms with E-state index in [2.05, 4.69) is 36.5 Å². The van der Waals surface area contributed by atoms with Gasteiger partial charge in [0, 0.05) is 5.69 Å². The molecule has 0 heterocycles. The molecule has 0 radical (unpaired) electrons. The molecule has 0 aliphatic heterocycles. The van der Waals surface area contributed by atoms with Gasteiger partial charge in [0.25, 0.3) is 0 Å². The number of benzene rings is 2. The zero-order chi connectivity index (χ0) is 15.1. The van der Waals surface area contributed by atoms with Gasteiger partial charge in [0.05, 0.1) is 12.5 Å². The summed E-state index contributed by atoms with van der Waals surface area (Å²) in [6, 6.07) is 18.5. The van der Waals surface area contributed by atoms with E-state index in [0.717, 1.165) is 24.1 Å². The minimum absolute atomic E-state index is 0.241. The van der Waals surface area contributed by atoms with Gasteiger partial charge in [0.15, 0.2) is 0 Å². The Kier molecular flexibility index (Phi) is 5.38. The van der Waals surface area contributed by atoms with Gasteiger partial charge in [-0.3, -0.25) is 4.79 Å². The van der Waals surface area contributed by atoms with E-state index in [9.17, 15) is 4.79 Å². The molecule has 2 rings (SSSR count). The Morgan fingerprint density at radius 3 is 2.43 bits per heavy atom. The maximum absolute atomic E-state index is 11.2. The van der Waals surface area contributed by atoms with Crippen LogP contribution >= 0.6 is 0 Å². The van der Waals surface area contributed by atoms with Gasteiger partial charge in [0.2, 0.25) is 5.91 Å². The zero-order valence-electron chi connectivity index (χ0n) is 12.4. The van der Waals surface area contributed by atoms with Crippen molar-refractivity contribution in [2.45, 2.75) is 32.2 Å². The lowest BCUT2D eigenvalue weighted by Crippen LogP contribution is -2.17. The predicted octanol–water partition coefficient (Wildman–Crippen LogP) is 3.67. The van der Waals surface area contributed by atoms with Crippen molar-refractivity contribution in [1.82, 2.24) is 0 Å². The molecule has 0 saturated heterocycles. The molecule has 3 N–H and O–H groups in total. The molecule has 3 nitrogen and oxygen atoms in total. The zero-order valence-corrected chi connectivity index (χ0v) is 12.4. The van der Waals surface area contributed by atoms with Crippen molar-refractivity contribution in [2.75, 3.05) is 5.32 Å². The maximum atomic E-state index is 11.2. The minimum Gasteiger partial charge on any atom is -0.378 e. The Morgan fingerprint density at radius 2 is 1.76 bits per heavy atom. The van der Waals surface area contributed by atoms with E-state index >= 15 is 0 Å². The van der Waals surface area contributed by atoms with E-state index in [1.807, 2.05) is 30.3 Å². The van der Waals surface area contributed by atoms with E-state index < -0.39 is 0 Å². The first-order valence-corrected chi connectivity index (χ1v) is 7.38. The van der Waals surface area contributed by atoms with Crippen molar-refractivity contribution in [3.05, 3.63) is 65.7 Å². The summed E-state index contributed by atoms with van der Waals surface area (Å²) in [5.41, 5.74) is 8.52. The summed E-state index contributed by atoms with van der Waals surface area (Å²) < 4.78 is 0. The number of carbonyl (C=O) groups is 1. The molecule has 1 amide bonds. The minimum atomic E-state index is -0.309. The second-order valence-corrected chi connectivity index (χ2v) is 5.20. The number of hydrogen-bond donors (Lipinski definition) is 2. The lowest BCUT2D eigenvalue weighted by Gasteiger charge is -2.21. The smallest absolute Gasteiger partial charge is 0.221 e. The van der Waals surface area contributed by atoms with Crippen molar-refractivity contribution < 1.29 is 4.79 Å². The van der Waals surface area contributed by atoms with Crippen molar-refractivity contribution in [3.8, 4) is 0 Å². The second-order valence-electron chi connectivity index (χ2n) is 5.20. The summed E-state index contributed by atoms with van der Waals surface area (Å²) in [5, 5.41) is 3.56. The van der Waals surface area contributed by atoms with Crippen LogP contribution in [0.2, 0.25) is 0 Å². The van der Waals surface area contributed by atoms with Gasteiger partial charge in [-0.25, -0.2) is 0 Å². The van der Waals surface area contributed by atoms with E-state index in [1.54, 1.807) is 0 Å². The quantitative estimate of drug-likeness (QED) is 0.814. The van der Waals surface area contributed by atoms with Gasteiger partial charge < -0.3 is 11.1 Å². The molecular weight excluding hydrogens is 260 g/mol. The summed E-state index contributed by atoms with van der Waals surface area (Å²) in [7, 11) is 0. The molecule has 0 aromatic heterocycles. The molecule has 1 atom stereocenters. The largest absolute Gasteiger partial charge is 0.378 e. The van der Waals surface area contributed by atoms with E-state index in [0.29, 0.717) is 0 Å². The van der Waals surface area contributed by atoms with E-state index in [-0.39, 0.29) is 18.4 Å². The molecule has 0 spiro atoms. The van der Waals surface area contributed by atoms with Crippen molar-refractivity contribution >= 4 is 11.6 Å². The summed E-state index contributed by atoms with van der Waals surface area (Å²) in [6.45, 7) is 2.17. The molecule has 2 aromatic rings. The lowest BCUT2D eigenvalue weighted by atomic mass is 10.0. The summed E-state index contributed by atoms with van der Waals surface area (Å²) in [5.74, 6) is -0.309. The van der Waals surface area contributed by atoms with Crippen LogP contribution in [0.1, 0.15) is 36.9 Å². The third-order valence-corrected chi connectivity index (χ3v) is 3.49. The number of amides is 1. The Bertz CT molecular complexity index is 581. The molecule has 0 bridgehead atoms. The van der Waals surface area contributed by atoms with Gasteiger partial charge in [-0.1, -0.05) is 61.9 Å². The fourth-order valence-electron chi connectivity index (χ4n) is 2.49. The second kappa shape index (κ2) is 7.48. The van der Waals surface area contributed by atoms with Gasteiger partial charge in [-0.15, -0.1) is 0 Å². The van der Waals surface area contributed by atoms with Crippen LogP contribution in [-0.2, 0) is 11.2 Å². The summed E-state index contributed by atoms with van der Waals surface area (Å²) in [6.07, 6.45) is 2.39. The predicted molar refractivity (Wildman–Crippen MR) is 87.1 cm³/mol. The molecule has 21 heavy (non-hydrogen) atoms. The first kappa shape index (κ1) is 15.1. The van der Waals surface area contributed by atoms with E-state index in [4.69, 9.17) is 5.73 Å². The molecule has 3 heteroatoms. The van der Waals surface area contributed by atoms with Gasteiger partial charge in [0.1, 0.15) is 0 Å². The van der Waals surface area contributed by atoms with Crippen LogP contribution in [0, 0.1) is 0 Å². The molecule has 0 aliphatic rings. The Hall–Kier alpha value is -2.29. The number of hydrogen-bond acceptors (Lipinski definition) is 2. The number of nitrogens with one attached hydrogen (secondary N) is 1. The molecular formula is C18H22N2O. The standard InChI is InChI=1S/C18H22N2O/c1-2-8-16(14-9-4-3-5-10-14)20-17-12-7-6-11-15(17)13-18(19)21/h3-7,9-12,16,20H,2,8,13H2,1H3,(H2,19,21). The Morgan fingerprint density at radius 1 is 1.10 bits per heavy atom. The van der Waals surface area contributed by atoms with Crippen molar-refractivity contribution in [2.24, 2.45) is 5.73 Å². The van der Waals surface area contributed by atoms with Crippen LogP contribution in [0.5, 0.6) is 0 Å². The molecule has 110 valence electrons. The first-order valence-electron chi connectivity index (χ1n) is 7.38. The van der Waals surface area contributed by atoms with Gasteiger partial charge in [-0.05, 0) is 23.6 Å². The number of primary amides is 1. The maximum Gasteiger partial charge on any atom is 0.221 e. The molecule has 0 saturated carbocycles. The van der Waals surface area contributed by atoms with Crippen LogP contribution < -0.4 is 11.1 Å². The molecule has 0 aliphatic carbocycles. The monoisotopic (exact) mass is 282 g/mol. The highest BCUT2D eigenvalue weighted by molar-refractivity contribution is 5.78. The summed E-state index contributed by atoms with van der Waals surface area (Å²) >= 11 is 0. The van der Waals surface area contributed by atoms with Crippen LogP contribution in [0.3, 0.4) is 0 Å². The van der Waals surface area contributed by atoms with Crippen LogP contribution in [-0.4, -0.2) is 5.91 Å². The molecule has 0 fully saturated rings. The number of carbonyl (C=O) groups excluding carboxylic acids is 1. The SMILES string of the molecule is CCCC(Nc1ccccc1CC(N)=O)c1ccccc1. The molecule has 1 unspecified atom stereocenters. The molecule has 2 aromatic carbocycles. The average Bonchev–Trinajstić information content (AvgIpc) is 2.49. The van der Waals surface area contributed by atoms with Crippen LogP contribution in [0.4, 0.5) is 5.69 Å². The normalized spacial score (nSPS) is 11.9. The highest BCUT2D eigenvalue weighted by Crippen LogP contribution is 2.26. The number of nitrogens with two attached hydrogens (primary N) is 1. The van der Waals surface area contributed by atoms with Crippen molar-refractivity contribution in [1.29, 1.82) is 0 Å². The third kappa shape index (κ3) is 4.35. The van der Waals surface area contributed by atoms with E-state index in [1.165, 1.54) is 5.56 Å². The number of para-hydroxylation sites is 1. The third-order valence-electron chi connectivity index (χ3n) is 3.49. The lowest BCUT2D eigenvalue weighted by molar-refractivity contribution is -0.117. The highest BCUT2D eigenvalue weighted by Gasteiger charge is 2.12. The fourth-order valence-corrected chi connectivity index (χ4v) is 2.49.